The number of hydrogen-bond donors (Lipinski definition) is 2. The maximum atomic E-state index is 13.6. The minimum absolute atomic E-state index is 0.185. The molecule has 37 heavy (non-hydrogen) atoms. The molecule has 1 unspecified atom stereocenters. The molecular formula is C29H37N3O3S2. The molecule has 3 heterocycles. The monoisotopic (exact) mass is 539 g/mol. The van der Waals surface area contributed by atoms with Gasteiger partial charge in [0, 0.05) is 16.0 Å². The summed E-state index contributed by atoms with van der Waals surface area (Å²) in [7, 11) is 0. The van der Waals surface area contributed by atoms with Gasteiger partial charge in [0.15, 0.2) is 0 Å². The Labute approximate surface area is 227 Å². The summed E-state index contributed by atoms with van der Waals surface area (Å²) in [5, 5.41) is 4.48. The molecule has 3 aromatic rings. The molecule has 2 aliphatic carbocycles. The number of aryl methyl sites for hydroxylation is 2. The fraction of sp³-hybridized carbons (Fsp3) is 0.552. The predicted octanol–water partition coefficient (Wildman–Crippen LogP) is 7.18. The van der Waals surface area contributed by atoms with Crippen LogP contribution >= 0.6 is 22.7 Å². The average Bonchev–Trinajstić information content (AvgIpc) is 3.35. The second-order valence-corrected chi connectivity index (χ2v) is 13.5. The van der Waals surface area contributed by atoms with Crippen LogP contribution < -0.4 is 11.1 Å². The van der Waals surface area contributed by atoms with Gasteiger partial charge >= 0.3 is 5.97 Å². The van der Waals surface area contributed by atoms with E-state index in [2.05, 4.69) is 32.2 Å². The first-order valence-corrected chi connectivity index (χ1v) is 15.1. The summed E-state index contributed by atoms with van der Waals surface area (Å²) in [6.45, 7) is 8.90. The van der Waals surface area contributed by atoms with Crippen LogP contribution in [0.2, 0.25) is 0 Å². The molecule has 0 aromatic carbocycles. The number of pyridine rings is 1. The molecule has 3 aromatic heterocycles. The number of rotatable bonds is 4. The molecule has 0 saturated carbocycles. The van der Waals surface area contributed by atoms with Crippen LogP contribution in [0.3, 0.4) is 0 Å². The SMILES string of the molecule is CCOC(=O)c1c(NC(=O)c2sc3nc4c(cc3c2N)CCCCCC4)sc2c1CCC(C(C)(C)C)C2. The summed E-state index contributed by atoms with van der Waals surface area (Å²) in [5.41, 5.74) is 11.1. The topological polar surface area (TPSA) is 94.3 Å². The maximum absolute atomic E-state index is 13.6. The van der Waals surface area contributed by atoms with Crippen LogP contribution in [-0.2, 0) is 30.4 Å². The van der Waals surface area contributed by atoms with E-state index in [1.807, 2.05) is 0 Å². The number of anilines is 2. The van der Waals surface area contributed by atoms with Gasteiger partial charge in [-0.1, -0.05) is 33.6 Å². The number of fused-ring (bicyclic) bond motifs is 3. The summed E-state index contributed by atoms with van der Waals surface area (Å²) < 4.78 is 5.41. The number of nitrogen functional groups attached to an aromatic ring is 1. The largest absolute Gasteiger partial charge is 0.462 e. The molecule has 0 spiro atoms. The van der Waals surface area contributed by atoms with Gasteiger partial charge in [-0.15, -0.1) is 22.7 Å². The number of carbonyl (C=O) groups excluding carboxylic acids is 2. The highest BCUT2D eigenvalue weighted by atomic mass is 32.1. The van der Waals surface area contributed by atoms with Crippen molar-refractivity contribution >= 4 is 55.5 Å². The van der Waals surface area contributed by atoms with Crippen molar-refractivity contribution in [3.8, 4) is 0 Å². The zero-order valence-electron chi connectivity index (χ0n) is 22.3. The number of esters is 1. The average molecular weight is 540 g/mol. The van der Waals surface area contributed by atoms with Crippen molar-refractivity contribution in [2.75, 3.05) is 17.7 Å². The molecule has 1 atom stereocenters. The molecule has 1 amide bonds. The van der Waals surface area contributed by atoms with E-state index in [1.54, 1.807) is 6.92 Å². The number of ether oxygens (including phenoxy) is 1. The number of amides is 1. The summed E-state index contributed by atoms with van der Waals surface area (Å²) in [6.07, 6.45) is 9.52. The molecule has 6 nitrogen and oxygen atoms in total. The molecule has 2 aliphatic rings. The molecule has 0 aliphatic heterocycles. The summed E-state index contributed by atoms with van der Waals surface area (Å²) in [5.74, 6) is -0.124. The number of hydrogen-bond acceptors (Lipinski definition) is 7. The second kappa shape index (κ2) is 10.4. The highest BCUT2D eigenvalue weighted by molar-refractivity contribution is 7.21. The lowest BCUT2D eigenvalue weighted by Crippen LogP contribution is -2.26. The number of thiophene rings is 2. The van der Waals surface area contributed by atoms with Crippen molar-refractivity contribution in [2.45, 2.75) is 85.5 Å². The van der Waals surface area contributed by atoms with Crippen LogP contribution in [0, 0.1) is 11.3 Å². The first kappa shape index (κ1) is 26.2. The lowest BCUT2D eigenvalue weighted by molar-refractivity contribution is 0.0526. The summed E-state index contributed by atoms with van der Waals surface area (Å²) in [6, 6.07) is 2.14. The van der Waals surface area contributed by atoms with Gasteiger partial charge in [-0.25, -0.2) is 9.78 Å². The van der Waals surface area contributed by atoms with E-state index >= 15 is 0 Å². The van der Waals surface area contributed by atoms with Crippen molar-refractivity contribution in [3.63, 3.8) is 0 Å². The van der Waals surface area contributed by atoms with Crippen LogP contribution in [0.1, 0.15) is 102 Å². The molecule has 0 fully saturated rings. The minimum atomic E-state index is -0.365. The van der Waals surface area contributed by atoms with E-state index in [0.717, 1.165) is 66.4 Å². The third-order valence-electron chi connectivity index (χ3n) is 7.90. The predicted molar refractivity (Wildman–Crippen MR) is 153 cm³/mol. The number of nitrogens with two attached hydrogens (primary N) is 1. The number of carbonyl (C=O) groups is 2. The van der Waals surface area contributed by atoms with Gasteiger partial charge in [0.2, 0.25) is 0 Å². The van der Waals surface area contributed by atoms with Crippen molar-refractivity contribution in [1.82, 2.24) is 4.98 Å². The Bertz CT molecular complexity index is 1350. The second-order valence-electron chi connectivity index (χ2n) is 11.4. The molecule has 0 radical (unpaired) electrons. The van der Waals surface area contributed by atoms with Crippen LogP contribution in [0.15, 0.2) is 6.07 Å². The summed E-state index contributed by atoms with van der Waals surface area (Å²) in [4.78, 5) is 33.9. The lowest BCUT2D eigenvalue weighted by Gasteiger charge is -2.33. The number of nitrogens with zero attached hydrogens (tertiary/aromatic N) is 1. The Hall–Kier alpha value is -2.45. The van der Waals surface area contributed by atoms with Crippen LogP contribution in [0.4, 0.5) is 10.7 Å². The van der Waals surface area contributed by atoms with Gasteiger partial charge in [-0.3, -0.25) is 4.79 Å². The molecule has 8 heteroatoms. The zero-order valence-corrected chi connectivity index (χ0v) is 23.9. The first-order valence-electron chi connectivity index (χ1n) is 13.5. The van der Waals surface area contributed by atoms with Gasteiger partial charge in [-0.2, -0.15) is 0 Å². The van der Waals surface area contributed by atoms with Crippen molar-refractivity contribution < 1.29 is 14.3 Å². The van der Waals surface area contributed by atoms with Gasteiger partial charge < -0.3 is 15.8 Å². The molecular weight excluding hydrogens is 502 g/mol. The van der Waals surface area contributed by atoms with Crippen molar-refractivity contribution in [1.29, 1.82) is 0 Å². The third-order valence-corrected chi connectivity index (χ3v) is 10.2. The molecule has 0 bridgehead atoms. The minimum Gasteiger partial charge on any atom is -0.462 e. The van der Waals surface area contributed by atoms with E-state index in [-0.39, 0.29) is 17.3 Å². The Morgan fingerprint density at radius 2 is 1.89 bits per heavy atom. The Morgan fingerprint density at radius 1 is 1.14 bits per heavy atom. The number of aromatic nitrogens is 1. The zero-order chi connectivity index (χ0) is 26.3. The van der Waals surface area contributed by atoms with Crippen LogP contribution in [-0.4, -0.2) is 23.5 Å². The standard InChI is InChI=1S/C29H37N3O3S2/c1-5-35-28(34)22-18-13-12-17(29(2,3)4)15-21(18)36-27(22)32-25(33)24-23(30)19-14-16-10-8-6-7-9-11-20(16)31-26(19)37-24/h14,17H,5-13,15,30H2,1-4H3,(H,32,33). The van der Waals surface area contributed by atoms with Gasteiger partial charge in [0.25, 0.3) is 5.91 Å². The normalized spacial score (nSPS) is 18.0. The number of nitrogens with one attached hydrogen (secondary N) is 1. The Kier molecular flexibility index (Phi) is 7.33. The van der Waals surface area contributed by atoms with E-state index < -0.39 is 0 Å². The van der Waals surface area contributed by atoms with Gasteiger partial charge in [0.1, 0.15) is 14.7 Å². The first-order chi connectivity index (χ1) is 17.7. The molecule has 3 N–H and O–H groups in total. The maximum Gasteiger partial charge on any atom is 0.341 e. The van der Waals surface area contributed by atoms with E-state index in [1.165, 1.54) is 46.0 Å². The lowest BCUT2D eigenvalue weighted by atomic mass is 9.72. The van der Waals surface area contributed by atoms with Crippen LogP contribution in [0.5, 0.6) is 0 Å². The fourth-order valence-electron chi connectivity index (χ4n) is 5.67. The quantitative estimate of drug-likeness (QED) is 0.343. The van der Waals surface area contributed by atoms with Crippen LogP contribution in [0.25, 0.3) is 10.2 Å². The highest BCUT2D eigenvalue weighted by Crippen LogP contribution is 2.45. The smallest absolute Gasteiger partial charge is 0.341 e. The van der Waals surface area contributed by atoms with Crippen molar-refractivity contribution in [3.05, 3.63) is 38.2 Å². The van der Waals surface area contributed by atoms with E-state index in [0.29, 0.717) is 33.7 Å². The third kappa shape index (κ3) is 5.15. The highest BCUT2D eigenvalue weighted by Gasteiger charge is 2.35. The van der Waals surface area contributed by atoms with Crippen molar-refractivity contribution in [2.24, 2.45) is 11.3 Å². The Balaban J connectivity index is 1.48. The summed E-state index contributed by atoms with van der Waals surface area (Å²) >= 11 is 2.85. The Morgan fingerprint density at radius 3 is 2.62 bits per heavy atom. The van der Waals surface area contributed by atoms with Gasteiger partial charge in [-0.05, 0) is 80.4 Å². The molecule has 5 rings (SSSR count). The van der Waals surface area contributed by atoms with E-state index in [4.69, 9.17) is 15.5 Å². The van der Waals surface area contributed by atoms with E-state index in [9.17, 15) is 9.59 Å². The molecule has 198 valence electrons. The fourth-order valence-corrected chi connectivity index (χ4v) is 7.98. The van der Waals surface area contributed by atoms with Gasteiger partial charge in [0.05, 0.1) is 17.9 Å². The molecule has 0 saturated heterocycles.